The molecule has 0 saturated heterocycles. The first-order chi connectivity index (χ1) is 4.41. The summed E-state index contributed by atoms with van der Waals surface area (Å²) < 4.78 is 0. The van der Waals surface area contributed by atoms with Gasteiger partial charge in [-0.25, -0.2) is 0 Å². The van der Waals surface area contributed by atoms with E-state index in [4.69, 9.17) is 5.73 Å². The molecule has 0 saturated carbocycles. The minimum atomic E-state index is 0.756. The molecule has 0 aromatic heterocycles. The lowest BCUT2D eigenvalue weighted by atomic mass is 10.2. The van der Waals surface area contributed by atoms with Gasteiger partial charge in [0.2, 0.25) is 0 Å². The van der Waals surface area contributed by atoms with E-state index in [9.17, 15) is 0 Å². The van der Waals surface area contributed by atoms with E-state index < -0.39 is 0 Å². The van der Waals surface area contributed by atoms with Gasteiger partial charge >= 0.3 is 0 Å². The molecule has 0 aromatic carbocycles. The highest BCUT2D eigenvalue weighted by atomic mass is 14.9. The molecule has 0 bridgehead atoms. The second-order valence-electron chi connectivity index (χ2n) is 2.25. The van der Waals surface area contributed by atoms with Crippen molar-refractivity contribution in [2.24, 2.45) is 5.73 Å². The second kappa shape index (κ2) is 7.92. The van der Waals surface area contributed by atoms with Crippen LogP contribution in [-0.2, 0) is 0 Å². The molecular weight excluding hydrogens is 112 g/mol. The van der Waals surface area contributed by atoms with Crippen molar-refractivity contribution in [3.05, 3.63) is 0 Å². The lowest BCUT2D eigenvalue weighted by Gasteiger charge is -1.99. The van der Waals surface area contributed by atoms with Gasteiger partial charge in [0.15, 0.2) is 0 Å². The summed E-state index contributed by atoms with van der Waals surface area (Å²) in [5.41, 5.74) is 5.28. The van der Waals surface area contributed by atoms with Crippen molar-refractivity contribution in [1.29, 1.82) is 0 Å². The van der Waals surface area contributed by atoms with Gasteiger partial charge in [0.25, 0.3) is 0 Å². The zero-order valence-electron chi connectivity index (χ0n) is 6.32. The summed E-state index contributed by atoms with van der Waals surface area (Å²) >= 11 is 0. The van der Waals surface area contributed by atoms with E-state index >= 15 is 0 Å². The number of rotatable bonds is 6. The van der Waals surface area contributed by atoms with Crippen LogP contribution in [0.2, 0.25) is 0 Å². The van der Waals surface area contributed by atoms with Gasteiger partial charge in [0.1, 0.15) is 0 Å². The van der Waals surface area contributed by atoms with Crippen molar-refractivity contribution >= 4 is 0 Å². The standard InChI is InChI=1S/C7H18N2/c1-2-3-4-6-9-7-5-8/h9H,2-8H2,1H3. The molecule has 0 amide bonds. The third-order valence-electron chi connectivity index (χ3n) is 1.28. The molecule has 0 fully saturated rings. The fraction of sp³-hybridized carbons (Fsp3) is 1.00. The normalized spacial score (nSPS) is 10.0. The van der Waals surface area contributed by atoms with Crippen LogP contribution in [0.25, 0.3) is 0 Å². The highest BCUT2D eigenvalue weighted by Gasteiger charge is 1.83. The molecule has 2 nitrogen and oxygen atoms in total. The Kier molecular flexibility index (Phi) is 7.85. The van der Waals surface area contributed by atoms with Crippen molar-refractivity contribution in [3.8, 4) is 0 Å². The first-order valence-corrected chi connectivity index (χ1v) is 3.82. The predicted molar refractivity (Wildman–Crippen MR) is 41.4 cm³/mol. The molecule has 3 N–H and O–H groups in total. The maximum Gasteiger partial charge on any atom is 0.00745 e. The highest BCUT2D eigenvalue weighted by Crippen LogP contribution is 1.89. The Labute approximate surface area is 57.8 Å². The molecule has 56 valence electrons. The maximum atomic E-state index is 5.28. The number of nitrogens with one attached hydrogen (secondary N) is 1. The second-order valence-corrected chi connectivity index (χ2v) is 2.25. The summed E-state index contributed by atoms with van der Waals surface area (Å²) in [6.45, 7) is 5.06. The van der Waals surface area contributed by atoms with Crippen LogP contribution in [0.15, 0.2) is 0 Å². The van der Waals surface area contributed by atoms with Crippen LogP contribution in [0.4, 0.5) is 0 Å². The summed E-state index contributed by atoms with van der Waals surface area (Å²) in [7, 11) is 0. The van der Waals surface area contributed by atoms with E-state index in [1.165, 1.54) is 19.3 Å². The Morgan fingerprint density at radius 1 is 1.22 bits per heavy atom. The van der Waals surface area contributed by atoms with Gasteiger partial charge in [-0.1, -0.05) is 19.8 Å². The molecule has 0 heterocycles. The van der Waals surface area contributed by atoms with Crippen LogP contribution in [0, 0.1) is 0 Å². The van der Waals surface area contributed by atoms with E-state index in [2.05, 4.69) is 12.2 Å². The van der Waals surface area contributed by atoms with Crippen molar-refractivity contribution in [1.82, 2.24) is 5.32 Å². The number of unbranched alkanes of at least 4 members (excludes halogenated alkanes) is 2. The molecule has 0 atom stereocenters. The third kappa shape index (κ3) is 7.92. The topological polar surface area (TPSA) is 38.0 Å². The van der Waals surface area contributed by atoms with Crippen LogP contribution in [0.1, 0.15) is 26.2 Å². The molecule has 0 unspecified atom stereocenters. The summed E-state index contributed by atoms with van der Waals surface area (Å²) in [5.74, 6) is 0. The van der Waals surface area contributed by atoms with Gasteiger partial charge in [-0.05, 0) is 13.0 Å². The van der Waals surface area contributed by atoms with Crippen molar-refractivity contribution in [2.75, 3.05) is 19.6 Å². The molecule has 0 radical (unpaired) electrons. The van der Waals surface area contributed by atoms with E-state index in [0.29, 0.717) is 0 Å². The number of hydrogen-bond donors (Lipinski definition) is 2. The quantitative estimate of drug-likeness (QED) is 0.520. The minimum Gasteiger partial charge on any atom is -0.329 e. The van der Waals surface area contributed by atoms with Gasteiger partial charge in [-0.3, -0.25) is 0 Å². The van der Waals surface area contributed by atoms with Crippen LogP contribution in [0.3, 0.4) is 0 Å². The van der Waals surface area contributed by atoms with E-state index in [0.717, 1.165) is 19.6 Å². The van der Waals surface area contributed by atoms with Gasteiger partial charge in [-0.15, -0.1) is 0 Å². The van der Waals surface area contributed by atoms with Gasteiger partial charge in [0, 0.05) is 13.1 Å². The van der Waals surface area contributed by atoms with Crippen molar-refractivity contribution in [2.45, 2.75) is 26.2 Å². The molecule has 0 aliphatic rings. The van der Waals surface area contributed by atoms with Crippen LogP contribution in [-0.4, -0.2) is 19.6 Å². The molecular formula is C7H18N2. The Morgan fingerprint density at radius 3 is 2.56 bits per heavy atom. The minimum absolute atomic E-state index is 0.756. The van der Waals surface area contributed by atoms with E-state index in [1.54, 1.807) is 0 Å². The lowest BCUT2D eigenvalue weighted by molar-refractivity contribution is 0.621. The van der Waals surface area contributed by atoms with E-state index in [-0.39, 0.29) is 0 Å². The van der Waals surface area contributed by atoms with Gasteiger partial charge in [0.05, 0.1) is 0 Å². The van der Waals surface area contributed by atoms with Gasteiger partial charge in [-0.2, -0.15) is 0 Å². The average molecular weight is 130 g/mol. The Morgan fingerprint density at radius 2 is 2.00 bits per heavy atom. The molecule has 0 spiro atoms. The first-order valence-electron chi connectivity index (χ1n) is 3.82. The smallest absolute Gasteiger partial charge is 0.00745 e. The number of nitrogens with two attached hydrogens (primary N) is 1. The molecule has 0 rings (SSSR count). The Bertz CT molecular complexity index is 40.2. The number of hydrogen-bond acceptors (Lipinski definition) is 2. The zero-order valence-corrected chi connectivity index (χ0v) is 6.32. The summed E-state index contributed by atoms with van der Waals surface area (Å²) in [6, 6.07) is 0. The predicted octanol–water partition coefficient (Wildman–Crippen LogP) is 0.725. The monoisotopic (exact) mass is 130 g/mol. The zero-order chi connectivity index (χ0) is 6.95. The molecule has 0 aliphatic heterocycles. The summed E-state index contributed by atoms with van der Waals surface area (Å²) in [5, 5.41) is 3.24. The lowest BCUT2D eigenvalue weighted by Crippen LogP contribution is -2.23. The van der Waals surface area contributed by atoms with Crippen molar-refractivity contribution in [3.63, 3.8) is 0 Å². The van der Waals surface area contributed by atoms with E-state index in [1.807, 2.05) is 0 Å². The van der Waals surface area contributed by atoms with Crippen LogP contribution < -0.4 is 11.1 Å². The highest BCUT2D eigenvalue weighted by molar-refractivity contribution is 4.46. The fourth-order valence-corrected chi connectivity index (χ4v) is 0.727. The van der Waals surface area contributed by atoms with Gasteiger partial charge < -0.3 is 11.1 Å². The van der Waals surface area contributed by atoms with Crippen LogP contribution >= 0.6 is 0 Å². The summed E-state index contributed by atoms with van der Waals surface area (Å²) in [6.07, 6.45) is 3.92. The molecule has 0 aliphatic carbocycles. The Hall–Kier alpha value is -0.0800. The maximum absolute atomic E-state index is 5.28. The third-order valence-corrected chi connectivity index (χ3v) is 1.28. The Balaban J connectivity index is 2.60. The largest absolute Gasteiger partial charge is 0.329 e. The first kappa shape index (κ1) is 8.92. The summed E-state index contributed by atoms with van der Waals surface area (Å²) in [4.78, 5) is 0. The molecule has 0 aromatic rings. The molecule has 2 heteroatoms. The average Bonchev–Trinajstić information content (AvgIpc) is 1.89. The van der Waals surface area contributed by atoms with Crippen molar-refractivity contribution < 1.29 is 0 Å². The molecule has 9 heavy (non-hydrogen) atoms. The van der Waals surface area contributed by atoms with Crippen LogP contribution in [0.5, 0.6) is 0 Å². The SMILES string of the molecule is CCCCCNCCN. The fourth-order valence-electron chi connectivity index (χ4n) is 0.727.